The minimum atomic E-state index is -1.34. The first kappa shape index (κ1) is 13.3. The molecule has 1 amide bonds. The summed E-state index contributed by atoms with van der Waals surface area (Å²) < 4.78 is 31.9. The van der Waals surface area contributed by atoms with E-state index in [0.717, 1.165) is 0 Å². The van der Waals surface area contributed by atoms with Gasteiger partial charge in [0.25, 0.3) is 5.91 Å². The third kappa shape index (κ3) is 2.84. The van der Waals surface area contributed by atoms with Gasteiger partial charge in [-0.15, -0.1) is 0 Å². The van der Waals surface area contributed by atoms with Gasteiger partial charge in [0.1, 0.15) is 5.82 Å². The summed E-state index contributed by atoms with van der Waals surface area (Å²) in [5.41, 5.74) is -1.74. The number of rotatable bonds is 3. The molecule has 0 aromatic heterocycles. The number of nitro groups is 1. The van der Waals surface area contributed by atoms with Gasteiger partial charge in [0.05, 0.1) is 29.2 Å². The lowest BCUT2D eigenvalue weighted by Crippen LogP contribution is -2.35. The van der Waals surface area contributed by atoms with Crippen LogP contribution >= 0.6 is 0 Å². The second kappa shape index (κ2) is 5.27. The van der Waals surface area contributed by atoms with E-state index in [0.29, 0.717) is 25.2 Å². The molecule has 1 saturated heterocycles. The van der Waals surface area contributed by atoms with Gasteiger partial charge in [0.2, 0.25) is 5.82 Å². The summed E-state index contributed by atoms with van der Waals surface area (Å²) in [6.45, 7) is 0.751. The highest BCUT2D eigenvalue weighted by Crippen LogP contribution is 2.22. The third-order valence-electron chi connectivity index (χ3n) is 2.72. The van der Waals surface area contributed by atoms with Crippen molar-refractivity contribution < 1.29 is 23.2 Å². The molecule has 0 bridgehead atoms. The fourth-order valence-electron chi connectivity index (χ4n) is 1.78. The molecular formula is C11H10F2N2O4. The fraction of sp³-hybridized carbons (Fsp3) is 0.364. The largest absolute Gasteiger partial charge is 0.379 e. The number of amides is 1. The van der Waals surface area contributed by atoms with Gasteiger partial charge in [0, 0.05) is 6.61 Å². The van der Waals surface area contributed by atoms with Gasteiger partial charge < -0.3 is 10.1 Å². The van der Waals surface area contributed by atoms with Crippen LogP contribution in [0.5, 0.6) is 0 Å². The normalized spacial score (nSPS) is 18.3. The predicted molar refractivity (Wildman–Crippen MR) is 59.7 cm³/mol. The molecule has 6 nitrogen and oxygen atoms in total. The molecule has 1 aliphatic rings. The van der Waals surface area contributed by atoms with Crippen LogP contribution in [0.3, 0.4) is 0 Å². The molecule has 1 heterocycles. The lowest BCUT2D eigenvalue weighted by atomic mass is 10.1. The number of carbonyl (C=O) groups excluding carboxylic acids is 1. The van der Waals surface area contributed by atoms with Crippen LogP contribution in [-0.4, -0.2) is 30.1 Å². The zero-order valence-corrected chi connectivity index (χ0v) is 9.69. The zero-order valence-electron chi connectivity index (χ0n) is 9.69. The summed E-state index contributed by atoms with van der Waals surface area (Å²) in [6, 6.07) is 0.771. The minimum Gasteiger partial charge on any atom is -0.379 e. The average molecular weight is 272 g/mol. The lowest BCUT2D eigenvalue weighted by molar-refractivity contribution is -0.387. The Bertz CT molecular complexity index is 530. The monoisotopic (exact) mass is 272 g/mol. The number of ether oxygens (including phenoxy) is 1. The van der Waals surface area contributed by atoms with Crippen molar-refractivity contribution in [2.75, 3.05) is 13.2 Å². The molecule has 1 unspecified atom stereocenters. The summed E-state index contributed by atoms with van der Waals surface area (Å²) in [4.78, 5) is 21.2. The maximum Gasteiger partial charge on any atom is 0.308 e. The number of nitro benzene ring substituents is 1. The fourth-order valence-corrected chi connectivity index (χ4v) is 1.78. The molecule has 1 aromatic carbocycles. The second-order valence-corrected chi connectivity index (χ2v) is 4.08. The van der Waals surface area contributed by atoms with E-state index in [2.05, 4.69) is 5.32 Å². The summed E-state index contributed by atoms with van der Waals surface area (Å²) in [6.07, 6.45) is 0.560. The Morgan fingerprint density at radius 1 is 1.47 bits per heavy atom. The summed E-state index contributed by atoms with van der Waals surface area (Å²) in [5.74, 6) is -3.28. The molecule has 1 fully saturated rings. The standard InChI is InChI=1S/C11H10F2N2O4/c12-6-3-8(10(13)9(4-6)15(17)18)11(16)14-7-1-2-19-5-7/h3-4,7H,1-2,5H2,(H,14,16). The molecule has 19 heavy (non-hydrogen) atoms. The van der Waals surface area contributed by atoms with Crippen LogP contribution in [0.2, 0.25) is 0 Å². The van der Waals surface area contributed by atoms with Crippen LogP contribution in [0.1, 0.15) is 16.8 Å². The van der Waals surface area contributed by atoms with E-state index in [9.17, 15) is 23.7 Å². The summed E-state index contributed by atoms with van der Waals surface area (Å²) >= 11 is 0. The van der Waals surface area contributed by atoms with Crippen molar-refractivity contribution in [2.45, 2.75) is 12.5 Å². The number of carbonyl (C=O) groups is 1. The van der Waals surface area contributed by atoms with Gasteiger partial charge in [-0.2, -0.15) is 4.39 Å². The van der Waals surface area contributed by atoms with Gasteiger partial charge in [-0.05, 0) is 12.5 Å². The number of hydrogen-bond acceptors (Lipinski definition) is 4. The molecule has 0 saturated carbocycles. The number of hydrogen-bond donors (Lipinski definition) is 1. The zero-order chi connectivity index (χ0) is 14.0. The van der Waals surface area contributed by atoms with E-state index < -0.39 is 33.7 Å². The van der Waals surface area contributed by atoms with Gasteiger partial charge >= 0.3 is 5.69 Å². The predicted octanol–water partition coefficient (Wildman–Crippen LogP) is 1.39. The van der Waals surface area contributed by atoms with E-state index in [1.54, 1.807) is 0 Å². The molecule has 8 heteroatoms. The molecule has 1 aromatic rings. The summed E-state index contributed by atoms with van der Waals surface area (Å²) in [7, 11) is 0. The second-order valence-electron chi connectivity index (χ2n) is 4.08. The quantitative estimate of drug-likeness (QED) is 0.666. The van der Waals surface area contributed by atoms with Crippen LogP contribution < -0.4 is 5.32 Å². The van der Waals surface area contributed by atoms with Crippen LogP contribution in [0.15, 0.2) is 12.1 Å². The van der Waals surface area contributed by atoms with Crippen molar-refractivity contribution in [1.82, 2.24) is 5.32 Å². The van der Waals surface area contributed by atoms with E-state index in [-0.39, 0.29) is 12.6 Å². The molecule has 2 rings (SSSR count). The van der Waals surface area contributed by atoms with E-state index in [4.69, 9.17) is 4.74 Å². The van der Waals surface area contributed by atoms with Gasteiger partial charge in [0.15, 0.2) is 0 Å². The van der Waals surface area contributed by atoms with Gasteiger partial charge in [-0.1, -0.05) is 0 Å². The maximum absolute atomic E-state index is 13.7. The van der Waals surface area contributed by atoms with E-state index in [1.807, 2.05) is 0 Å². The third-order valence-corrected chi connectivity index (χ3v) is 2.72. The van der Waals surface area contributed by atoms with Crippen molar-refractivity contribution in [3.8, 4) is 0 Å². The smallest absolute Gasteiger partial charge is 0.308 e. The molecule has 0 radical (unpaired) electrons. The Labute approximate surface area is 106 Å². The Morgan fingerprint density at radius 3 is 2.79 bits per heavy atom. The molecule has 1 N–H and O–H groups in total. The molecule has 1 aliphatic heterocycles. The summed E-state index contributed by atoms with van der Waals surface area (Å²) in [5, 5.41) is 13.0. The van der Waals surface area contributed by atoms with E-state index in [1.165, 1.54) is 0 Å². The Hall–Kier alpha value is -2.09. The highest BCUT2D eigenvalue weighted by Gasteiger charge is 2.26. The van der Waals surface area contributed by atoms with Crippen LogP contribution in [0, 0.1) is 21.7 Å². The Morgan fingerprint density at radius 2 is 2.21 bits per heavy atom. The van der Waals surface area contributed by atoms with Crippen LogP contribution in [0.4, 0.5) is 14.5 Å². The minimum absolute atomic E-state index is 0.283. The number of nitrogens with one attached hydrogen (secondary N) is 1. The molecule has 0 aliphatic carbocycles. The average Bonchev–Trinajstić information content (AvgIpc) is 2.84. The SMILES string of the molecule is O=C(NC1CCOC1)c1cc(F)cc([N+](=O)[O-])c1F. The van der Waals surface area contributed by atoms with E-state index >= 15 is 0 Å². The van der Waals surface area contributed by atoms with Crippen LogP contribution in [-0.2, 0) is 4.74 Å². The van der Waals surface area contributed by atoms with Crippen molar-refractivity contribution in [2.24, 2.45) is 0 Å². The van der Waals surface area contributed by atoms with Gasteiger partial charge in [-0.25, -0.2) is 4.39 Å². The molecule has 0 spiro atoms. The Balaban J connectivity index is 2.27. The highest BCUT2D eigenvalue weighted by molar-refractivity contribution is 5.95. The van der Waals surface area contributed by atoms with Crippen molar-refractivity contribution in [1.29, 1.82) is 0 Å². The number of halogens is 2. The maximum atomic E-state index is 13.7. The first-order valence-corrected chi connectivity index (χ1v) is 5.51. The first-order valence-electron chi connectivity index (χ1n) is 5.51. The molecular weight excluding hydrogens is 262 g/mol. The van der Waals surface area contributed by atoms with Crippen molar-refractivity contribution in [3.05, 3.63) is 39.4 Å². The van der Waals surface area contributed by atoms with Crippen molar-refractivity contribution >= 4 is 11.6 Å². The highest BCUT2D eigenvalue weighted by atomic mass is 19.1. The molecule has 102 valence electrons. The lowest BCUT2D eigenvalue weighted by Gasteiger charge is -2.11. The van der Waals surface area contributed by atoms with Gasteiger partial charge in [-0.3, -0.25) is 14.9 Å². The first-order chi connectivity index (χ1) is 8.99. The number of nitrogens with zero attached hydrogens (tertiary/aromatic N) is 1. The topological polar surface area (TPSA) is 81.5 Å². The number of benzene rings is 1. The molecule has 1 atom stereocenters. The van der Waals surface area contributed by atoms with Crippen LogP contribution in [0.25, 0.3) is 0 Å². The Kier molecular flexibility index (Phi) is 3.70. The van der Waals surface area contributed by atoms with Crippen molar-refractivity contribution in [3.63, 3.8) is 0 Å².